The van der Waals surface area contributed by atoms with Gasteiger partial charge in [0.05, 0.1) is 7.11 Å². The van der Waals surface area contributed by atoms with E-state index >= 15 is 0 Å². The van der Waals surface area contributed by atoms with Crippen molar-refractivity contribution in [3.63, 3.8) is 0 Å². The SMILES string of the molecule is CCc1cc(Oc2ccc(CN)cc2OC)ncn1. The van der Waals surface area contributed by atoms with Gasteiger partial charge in [-0.05, 0) is 24.1 Å². The van der Waals surface area contributed by atoms with Crippen LogP contribution < -0.4 is 15.2 Å². The van der Waals surface area contributed by atoms with Crippen LogP contribution in [0.2, 0.25) is 0 Å². The van der Waals surface area contributed by atoms with E-state index in [1.165, 1.54) is 6.33 Å². The second kappa shape index (κ2) is 6.15. The Labute approximate surface area is 112 Å². The quantitative estimate of drug-likeness (QED) is 0.892. The molecule has 100 valence electrons. The van der Waals surface area contributed by atoms with Crippen LogP contribution in [-0.2, 0) is 13.0 Å². The summed E-state index contributed by atoms with van der Waals surface area (Å²) in [5, 5.41) is 0. The van der Waals surface area contributed by atoms with Crippen LogP contribution in [0.5, 0.6) is 17.4 Å². The van der Waals surface area contributed by atoms with Crippen molar-refractivity contribution in [2.45, 2.75) is 19.9 Å². The second-order valence-corrected chi connectivity index (χ2v) is 3.99. The molecule has 19 heavy (non-hydrogen) atoms. The van der Waals surface area contributed by atoms with Crippen molar-refractivity contribution in [1.29, 1.82) is 0 Å². The highest BCUT2D eigenvalue weighted by molar-refractivity contribution is 5.44. The molecule has 0 aliphatic carbocycles. The number of aryl methyl sites for hydroxylation is 1. The summed E-state index contributed by atoms with van der Waals surface area (Å²) in [4.78, 5) is 8.22. The molecule has 2 N–H and O–H groups in total. The molecule has 0 spiro atoms. The second-order valence-electron chi connectivity index (χ2n) is 3.99. The molecule has 5 nitrogen and oxygen atoms in total. The molecule has 1 aromatic carbocycles. The zero-order valence-electron chi connectivity index (χ0n) is 11.1. The standard InChI is InChI=1S/C14H17N3O2/c1-3-11-7-14(17-9-16-11)19-12-5-4-10(8-15)6-13(12)18-2/h4-7,9H,3,8,15H2,1-2H3. The summed E-state index contributed by atoms with van der Waals surface area (Å²) in [7, 11) is 1.60. The van der Waals surface area contributed by atoms with Crippen molar-refractivity contribution in [2.75, 3.05) is 7.11 Å². The van der Waals surface area contributed by atoms with Gasteiger partial charge < -0.3 is 15.2 Å². The number of benzene rings is 1. The van der Waals surface area contributed by atoms with E-state index in [2.05, 4.69) is 9.97 Å². The van der Waals surface area contributed by atoms with E-state index in [4.69, 9.17) is 15.2 Å². The molecule has 0 aliphatic heterocycles. The van der Waals surface area contributed by atoms with E-state index in [9.17, 15) is 0 Å². The van der Waals surface area contributed by atoms with Gasteiger partial charge in [0.15, 0.2) is 11.5 Å². The Balaban J connectivity index is 2.26. The van der Waals surface area contributed by atoms with Crippen molar-refractivity contribution < 1.29 is 9.47 Å². The number of nitrogens with zero attached hydrogens (tertiary/aromatic N) is 2. The predicted octanol–water partition coefficient (Wildman–Crippen LogP) is 2.30. The van der Waals surface area contributed by atoms with Crippen molar-refractivity contribution in [3.05, 3.63) is 41.9 Å². The van der Waals surface area contributed by atoms with Crippen LogP contribution in [-0.4, -0.2) is 17.1 Å². The highest BCUT2D eigenvalue weighted by Crippen LogP contribution is 2.31. The molecule has 0 saturated heterocycles. The lowest BCUT2D eigenvalue weighted by Crippen LogP contribution is -1.99. The fourth-order valence-electron chi connectivity index (χ4n) is 1.66. The first-order chi connectivity index (χ1) is 9.26. The van der Waals surface area contributed by atoms with Crippen molar-refractivity contribution in [2.24, 2.45) is 5.73 Å². The van der Waals surface area contributed by atoms with Gasteiger partial charge in [0.1, 0.15) is 6.33 Å². The fraction of sp³-hybridized carbons (Fsp3) is 0.286. The van der Waals surface area contributed by atoms with Crippen molar-refractivity contribution in [3.8, 4) is 17.4 Å². The molecule has 0 bridgehead atoms. The molecule has 0 atom stereocenters. The van der Waals surface area contributed by atoms with E-state index in [-0.39, 0.29) is 0 Å². The van der Waals surface area contributed by atoms with Gasteiger partial charge >= 0.3 is 0 Å². The monoisotopic (exact) mass is 259 g/mol. The first-order valence-electron chi connectivity index (χ1n) is 6.12. The number of aromatic nitrogens is 2. The summed E-state index contributed by atoms with van der Waals surface area (Å²) < 4.78 is 11.0. The van der Waals surface area contributed by atoms with Gasteiger partial charge in [-0.15, -0.1) is 0 Å². The molecule has 0 saturated carbocycles. The largest absolute Gasteiger partial charge is 0.493 e. The molecule has 0 unspecified atom stereocenters. The van der Waals surface area contributed by atoms with Gasteiger partial charge in [0.25, 0.3) is 0 Å². The summed E-state index contributed by atoms with van der Waals surface area (Å²) in [5.41, 5.74) is 7.52. The summed E-state index contributed by atoms with van der Waals surface area (Å²) in [6.45, 7) is 2.49. The number of nitrogens with two attached hydrogens (primary N) is 1. The van der Waals surface area contributed by atoms with Crippen molar-refractivity contribution >= 4 is 0 Å². The fourth-order valence-corrected chi connectivity index (χ4v) is 1.66. The normalized spacial score (nSPS) is 10.3. The van der Waals surface area contributed by atoms with Crippen LogP contribution >= 0.6 is 0 Å². The zero-order valence-corrected chi connectivity index (χ0v) is 11.1. The number of methoxy groups -OCH3 is 1. The molecule has 0 radical (unpaired) electrons. The summed E-state index contributed by atoms with van der Waals surface area (Å²) in [6.07, 6.45) is 2.33. The minimum Gasteiger partial charge on any atom is -0.493 e. The zero-order chi connectivity index (χ0) is 13.7. The summed E-state index contributed by atoms with van der Waals surface area (Å²) in [5.74, 6) is 1.76. The van der Waals surface area contributed by atoms with Crippen LogP contribution in [0.4, 0.5) is 0 Å². The first-order valence-corrected chi connectivity index (χ1v) is 6.12. The number of hydrogen-bond donors (Lipinski definition) is 1. The van der Waals surface area contributed by atoms with Gasteiger partial charge in [0, 0.05) is 18.3 Å². The lowest BCUT2D eigenvalue weighted by atomic mass is 10.2. The molecule has 1 heterocycles. The Morgan fingerprint density at radius 1 is 1.16 bits per heavy atom. The third-order valence-corrected chi connectivity index (χ3v) is 2.74. The van der Waals surface area contributed by atoms with E-state index in [1.807, 2.05) is 31.2 Å². The molecule has 2 rings (SSSR count). The Morgan fingerprint density at radius 3 is 2.68 bits per heavy atom. The lowest BCUT2D eigenvalue weighted by Gasteiger charge is -2.11. The minimum absolute atomic E-state index is 0.462. The van der Waals surface area contributed by atoms with Gasteiger partial charge in [-0.3, -0.25) is 0 Å². The first kappa shape index (κ1) is 13.3. The predicted molar refractivity (Wildman–Crippen MR) is 72.4 cm³/mol. The lowest BCUT2D eigenvalue weighted by molar-refractivity contribution is 0.373. The average Bonchev–Trinajstić information content (AvgIpc) is 2.48. The molecule has 1 aromatic heterocycles. The van der Waals surface area contributed by atoms with E-state index in [0.29, 0.717) is 23.9 Å². The van der Waals surface area contributed by atoms with Gasteiger partial charge in [-0.1, -0.05) is 13.0 Å². The Kier molecular flexibility index (Phi) is 4.30. The van der Waals surface area contributed by atoms with Gasteiger partial charge in [-0.2, -0.15) is 0 Å². The molecule has 2 aromatic rings. The highest BCUT2D eigenvalue weighted by atomic mass is 16.5. The van der Waals surface area contributed by atoms with E-state index < -0.39 is 0 Å². The highest BCUT2D eigenvalue weighted by Gasteiger charge is 2.08. The Hall–Kier alpha value is -2.14. The molecule has 5 heteroatoms. The molecule has 0 fully saturated rings. The van der Waals surface area contributed by atoms with Gasteiger partial charge in [0.2, 0.25) is 5.88 Å². The van der Waals surface area contributed by atoms with E-state index in [0.717, 1.165) is 17.7 Å². The maximum absolute atomic E-state index is 5.73. The molecule has 0 aliphatic rings. The summed E-state index contributed by atoms with van der Waals surface area (Å²) >= 11 is 0. The maximum Gasteiger partial charge on any atom is 0.222 e. The maximum atomic E-state index is 5.73. The van der Waals surface area contributed by atoms with Crippen LogP contribution in [0.1, 0.15) is 18.2 Å². The van der Waals surface area contributed by atoms with Crippen LogP contribution in [0.3, 0.4) is 0 Å². The Bertz CT molecular complexity index is 558. The Morgan fingerprint density at radius 2 is 2.00 bits per heavy atom. The molecule has 0 amide bonds. The van der Waals surface area contributed by atoms with Crippen LogP contribution in [0.25, 0.3) is 0 Å². The molecular formula is C14H17N3O2. The minimum atomic E-state index is 0.462. The topological polar surface area (TPSA) is 70.3 Å². The number of hydrogen-bond acceptors (Lipinski definition) is 5. The summed E-state index contributed by atoms with van der Waals surface area (Å²) in [6, 6.07) is 7.40. The van der Waals surface area contributed by atoms with E-state index in [1.54, 1.807) is 7.11 Å². The molecular weight excluding hydrogens is 242 g/mol. The average molecular weight is 259 g/mol. The van der Waals surface area contributed by atoms with Crippen LogP contribution in [0, 0.1) is 0 Å². The van der Waals surface area contributed by atoms with Gasteiger partial charge in [-0.25, -0.2) is 9.97 Å². The smallest absolute Gasteiger partial charge is 0.222 e. The number of rotatable bonds is 5. The number of ether oxygens (including phenoxy) is 2. The third-order valence-electron chi connectivity index (χ3n) is 2.74. The van der Waals surface area contributed by atoms with Crippen LogP contribution in [0.15, 0.2) is 30.6 Å². The third kappa shape index (κ3) is 3.20. The van der Waals surface area contributed by atoms with Crippen molar-refractivity contribution in [1.82, 2.24) is 9.97 Å².